The zero-order valence-electron chi connectivity index (χ0n) is 10.0. The van der Waals surface area contributed by atoms with Crippen molar-refractivity contribution in [1.29, 1.82) is 0 Å². The van der Waals surface area contributed by atoms with Crippen molar-refractivity contribution in [2.24, 2.45) is 22.7 Å². The normalized spacial score (nSPS) is 16.6. The van der Waals surface area contributed by atoms with Gasteiger partial charge in [0, 0.05) is 25.4 Å². The maximum Gasteiger partial charge on any atom is 0.225 e. The summed E-state index contributed by atoms with van der Waals surface area (Å²) in [5.74, 6) is 1.07. The van der Waals surface area contributed by atoms with Gasteiger partial charge in [0.1, 0.15) is 5.84 Å². The van der Waals surface area contributed by atoms with Crippen LogP contribution in [0, 0.1) is 11.8 Å². The van der Waals surface area contributed by atoms with Gasteiger partial charge < -0.3 is 15.8 Å². The molecule has 0 spiro atoms. The first-order valence-electron chi connectivity index (χ1n) is 5.79. The van der Waals surface area contributed by atoms with Crippen LogP contribution in [0.3, 0.4) is 0 Å². The van der Waals surface area contributed by atoms with E-state index < -0.39 is 0 Å². The number of hydrogen-bond donors (Lipinski definition) is 2. The van der Waals surface area contributed by atoms with Crippen LogP contribution in [0.4, 0.5) is 0 Å². The van der Waals surface area contributed by atoms with Gasteiger partial charge in [-0.2, -0.15) is 0 Å². The Hall–Kier alpha value is -1.26. The van der Waals surface area contributed by atoms with Gasteiger partial charge in [-0.3, -0.25) is 4.79 Å². The summed E-state index contributed by atoms with van der Waals surface area (Å²) < 4.78 is 0. The Bertz CT molecular complexity index is 272. The maximum absolute atomic E-state index is 11.9. The molecule has 5 heteroatoms. The van der Waals surface area contributed by atoms with E-state index in [2.05, 4.69) is 19.0 Å². The Morgan fingerprint density at radius 3 is 2.62 bits per heavy atom. The molecule has 1 aliphatic carbocycles. The van der Waals surface area contributed by atoms with Crippen molar-refractivity contribution < 1.29 is 10.0 Å². The number of nitrogens with zero attached hydrogens (tertiary/aromatic N) is 2. The van der Waals surface area contributed by atoms with Gasteiger partial charge in [-0.05, 0) is 18.8 Å². The fraction of sp³-hybridized carbons (Fsp3) is 0.818. The highest BCUT2D eigenvalue weighted by Gasteiger charge is 2.33. The summed E-state index contributed by atoms with van der Waals surface area (Å²) in [4.78, 5) is 13.8. The Labute approximate surface area is 96.3 Å². The number of amidine groups is 1. The standard InChI is InChI=1S/C11H21N3O2/c1-8(2)7-14(6-5-10(12)13-16)11(15)9-3-4-9/h8-9,16H,3-7H2,1-2H3,(H2,12,13). The predicted molar refractivity (Wildman–Crippen MR) is 62.2 cm³/mol. The van der Waals surface area contributed by atoms with E-state index in [4.69, 9.17) is 10.9 Å². The van der Waals surface area contributed by atoms with Crippen molar-refractivity contribution in [3.8, 4) is 0 Å². The van der Waals surface area contributed by atoms with Crippen LogP contribution in [-0.4, -0.2) is 34.9 Å². The summed E-state index contributed by atoms with van der Waals surface area (Å²) in [5.41, 5.74) is 5.41. The fourth-order valence-electron chi connectivity index (χ4n) is 1.62. The molecule has 0 aromatic heterocycles. The lowest BCUT2D eigenvalue weighted by Gasteiger charge is -2.24. The first kappa shape index (κ1) is 12.8. The Kier molecular flexibility index (Phi) is 4.58. The molecule has 16 heavy (non-hydrogen) atoms. The molecule has 0 aliphatic heterocycles. The van der Waals surface area contributed by atoms with E-state index >= 15 is 0 Å². The lowest BCUT2D eigenvalue weighted by Crippen LogP contribution is -2.37. The van der Waals surface area contributed by atoms with Crippen molar-refractivity contribution in [3.63, 3.8) is 0 Å². The largest absolute Gasteiger partial charge is 0.409 e. The van der Waals surface area contributed by atoms with Gasteiger partial charge in [0.15, 0.2) is 0 Å². The highest BCUT2D eigenvalue weighted by molar-refractivity contribution is 5.83. The van der Waals surface area contributed by atoms with Gasteiger partial charge in [-0.15, -0.1) is 0 Å². The van der Waals surface area contributed by atoms with Gasteiger partial charge in [-0.25, -0.2) is 0 Å². The van der Waals surface area contributed by atoms with Gasteiger partial charge in [-0.1, -0.05) is 19.0 Å². The van der Waals surface area contributed by atoms with Crippen molar-refractivity contribution in [2.75, 3.05) is 13.1 Å². The van der Waals surface area contributed by atoms with Gasteiger partial charge in [0.05, 0.1) is 0 Å². The maximum atomic E-state index is 11.9. The summed E-state index contributed by atoms with van der Waals surface area (Å²) in [5, 5.41) is 11.4. The summed E-state index contributed by atoms with van der Waals surface area (Å²) in [6, 6.07) is 0. The van der Waals surface area contributed by atoms with E-state index in [-0.39, 0.29) is 17.7 Å². The molecule has 1 rings (SSSR count). The smallest absolute Gasteiger partial charge is 0.225 e. The zero-order chi connectivity index (χ0) is 12.1. The quantitative estimate of drug-likeness (QED) is 0.308. The second-order valence-electron chi connectivity index (χ2n) is 4.79. The van der Waals surface area contributed by atoms with Crippen LogP contribution < -0.4 is 5.73 Å². The third-order valence-corrected chi connectivity index (χ3v) is 2.59. The molecule has 92 valence electrons. The summed E-state index contributed by atoms with van der Waals surface area (Å²) in [7, 11) is 0. The van der Waals surface area contributed by atoms with Crippen molar-refractivity contribution >= 4 is 11.7 Å². The van der Waals surface area contributed by atoms with Crippen LogP contribution >= 0.6 is 0 Å². The van der Waals surface area contributed by atoms with Crippen LogP contribution in [0.2, 0.25) is 0 Å². The average molecular weight is 227 g/mol. The third-order valence-electron chi connectivity index (χ3n) is 2.59. The third kappa shape index (κ3) is 4.08. The van der Waals surface area contributed by atoms with Gasteiger partial charge in [0.25, 0.3) is 0 Å². The number of amides is 1. The molecule has 1 saturated carbocycles. The highest BCUT2D eigenvalue weighted by Crippen LogP contribution is 2.31. The molecular weight excluding hydrogens is 206 g/mol. The van der Waals surface area contributed by atoms with Crippen molar-refractivity contribution in [2.45, 2.75) is 33.1 Å². The van der Waals surface area contributed by atoms with Crippen LogP contribution in [0.1, 0.15) is 33.1 Å². The second-order valence-corrected chi connectivity index (χ2v) is 4.79. The molecule has 1 amide bonds. The van der Waals surface area contributed by atoms with E-state index in [0.29, 0.717) is 18.9 Å². The van der Waals surface area contributed by atoms with Gasteiger partial charge >= 0.3 is 0 Å². The first-order valence-corrected chi connectivity index (χ1v) is 5.79. The van der Waals surface area contributed by atoms with Gasteiger partial charge in [0.2, 0.25) is 5.91 Å². The number of rotatable bonds is 6. The van der Waals surface area contributed by atoms with E-state index in [1.165, 1.54) is 0 Å². The van der Waals surface area contributed by atoms with E-state index in [9.17, 15) is 4.79 Å². The number of nitrogens with two attached hydrogens (primary N) is 1. The van der Waals surface area contributed by atoms with Crippen LogP contribution in [0.5, 0.6) is 0 Å². The Morgan fingerprint density at radius 1 is 1.56 bits per heavy atom. The minimum Gasteiger partial charge on any atom is -0.409 e. The molecule has 0 bridgehead atoms. The molecule has 5 nitrogen and oxygen atoms in total. The van der Waals surface area contributed by atoms with E-state index in [1.54, 1.807) is 0 Å². The lowest BCUT2D eigenvalue weighted by atomic mass is 10.2. The molecule has 1 fully saturated rings. The lowest BCUT2D eigenvalue weighted by molar-refractivity contribution is -0.133. The molecule has 1 aliphatic rings. The molecule has 3 N–H and O–H groups in total. The molecular formula is C11H21N3O2. The number of hydrogen-bond acceptors (Lipinski definition) is 3. The molecule has 0 radical (unpaired) electrons. The van der Waals surface area contributed by atoms with E-state index in [0.717, 1.165) is 19.4 Å². The van der Waals surface area contributed by atoms with Crippen LogP contribution in [0.25, 0.3) is 0 Å². The number of carbonyl (C=O) groups excluding carboxylic acids is 1. The zero-order valence-corrected chi connectivity index (χ0v) is 10.0. The molecule has 0 aromatic carbocycles. The monoisotopic (exact) mass is 227 g/mol. The minimum atomic E-state index is 0.178. The SMILES string of the molecule is CC(C)CN(CCC(N)=NO)C(=O)C1CC1. The fourth-order valence-corrected chi connectivity index (χ4v) is 1.62. The highest BCUT2D eigenvalue weighted by atomic mass is 16.4. The van der Waals surface area contributed by atoms with Crippen LogP contribution in [0.15, 0.2) is 5.16 Å². The number of carbonyl (C=O) groups is 1. The summed E-state index contributed by atoms with van der Waals surface area (Å²) in [6.45, 7) is 5.45. The molecule has 0 aromatic rings. The summed E-state index contributed by atoms with van der Waals surface area (Å²) >= 11 is 0. The topological polar surface area (TPSA) is 78.9 Å². The first-order chi connectivity index (χ1) is 7.54. The summed E-state index contributed by atoms with van der Waals surface area (Å²) in [6.07, 6.45) is 2.45. The minimum absolute atomic E-state index is 0.178. The molecule has 0 unspecified atom stereocenters. The predicted octanol–water partition coefficient (Wildman–Crippen LogP) is 1.02. The number of oxime groups is 1. The molecule has 0 saturated heterocycles. The Balaban J connectivity index is 2.46. The van der Waals surface area contributed by atoms with E-state index in [1.807, 2.05) is 4.90 Å². The second kappa shape index (κ2) is 5.72. The molecule has 0 heterocycles. The van der Waals surface area contributed by atoms with Crippen LogP contribution in [-0.2, 0) is 4.79 Å². The van der Waals surface area contributed by atoms with Crippen molar-refractivity contribution in [3.05, 3.63) is 0 Å². The average Bonchev–Trinajstić information content (AvgIpc) is 3.05. The van der Waals surface area contributed by atoms with Crippen molar-refractivity contribution in [1.82, 2.24) is 4.90 Å². The molecule has 0 atom stereocenters. The Morgan fingerprint density at radius 2 is 2.19 bits per heavy atom.